The van der Waals surface area contributed by atoms with Crippen molar-refractivity contribution in [2.75, 3.05) is 0 Å². The molecule has 0 saturated carbocycles. The summed E-state index contributed by atoms with van der Waals surface area (Å²) in [7, 11) is 0. The Balaban J connectivity index is 2.53. The summed E-state index contributed by atoms with van der Waals surface area (Å²) in [6.45, 7) is 0. The molecule has 0 spiro atoms. The maximum atomic E-state index is 11.0. The van der Waals surface area contributed by atoms with Crippen molar-refractivity contribution in [3.05, 3.63) is 47.3 Å². The number of amides is 1. The summed E-state index contributed by atoms with van der Waals surface area (Å²) in [6.07, 6.45) is 3.40. The van der Waals surface area contributed by atoms with Gasteiger partial charge >= 0.3 is 0 Å². The molecule has 1 aromatic heterocycles. The van der Waals surface area contributed by atoms with E-state index in [0.29, 0.717) is 23.1 Å². The van der Waals surface area contributed by atoms with Gasteiger partial charge in [0.25, 0.3) is 5.91 Å². The van der Waals surface area contributed by atoms with Gasteiger partial charge in [-0.2, -0.15) is 10.4 Å². The number of nitrogens with two attached hydrogens (primary N) is 1. The van der Waals surface area contributed by atoms with Gasteiger partial charge in [-0.05, 0) is 18.2 Å². The van der Waals surface area contributed by atoms with Gasteiger partial charge in [0.2, 0.25) is 0 Å². The van der Waals surface area contributed by atoms with Crippen LogP contribution in [0.25, 0.3) is 5.69 Å². The minimum Gasteiger partial charge on any atom is -0.366 e. The molecule has 6 heteroatoms. The highest BCUT2D eigenvalue weighted by atomic mass is 16.1. The number of benzene rings is 1. The van der Waals surface area contributed by atoms with Crippen molar-refractivity contribution in [3.8, 4) is 11.8 Å². The quantitative estimate of drug-likeness (QED) is 0.796. The molecule has 0 aliphatic heterocycles. The van der Waals surface area contributed by atoms with Gasteiger partial charge in [-0.15, -0.1) is 0 Å². The van der Waals surface area contributed by atoms with Crippen molar-refractivity contribution < 1.29 is 9.59 Å². The van der Waals surface area contributed by atoms with Gasteiger partial charge < -0.3 is 5.73 Å². The molecule has 2 aromatic rings. The van der Waals surface area contributed by atoms with Crippen molar-refractivity contribution >= 4 is 12.2 Å². The predicted octanol–water partition coefficient (Wildman–Crippen LogP) is 0.655. The topological polar surface area (TPSA) is 102 Å². The molecular formula is C12H8N4O2. The molecule has 0 atom stereocenters. The number of rotatable bonds is 3. The van der Waals surface area contributed by atoms with Crippen molar-refractivity contribution in [1.82, 2.24) is 9.78 Å². The Morgan fingerprint density at radius 3 is 2.83 bits per heavy atom. The molecule has 1 amide bonds. The SMILES string of the molecule is N#Cc1cc(C=O)ccc1-n1cc(C(N)=O)cn1. The number of nitrogens with zero attached hydrogens (tertiary/aromatic N) is 3. The van der Waals surface area contributed by atoms with Gasteiger partial charge in [0, 0.05) is 11.8 Å². The van der Waals surface area contributed by atoms with Crippen LogP contribution in [0.5, 0.6) is 0 Å². The van der Waals surface area contributed by atoms with Crippen LogP contribution in [0.3, 0.4) is 0 Å². The van der Waals surface area contributed by atoms with E-state index in [1.54, 1.807) is 12.1 Å². The molecule has 0 fully saturated rings. The van der Waals surface area contributed by atoms with Crippen LogP contribution in [0.4, 0.5) is 0 Å². The summed E-state index contributed by atoms with van der Waals surface area (Å²) < 4.78 is 1.37. The largest absolute Gasteiger partial charge is 0.366 e. The normalized spacial score (nSPS) is 9.72. The average Bonchev–Trinajstić information content (AvgIpc) is 2.87. The zero-order chi connectivity index (χ0) is 13.1. The first-order valence-corrected chi connectivity index (χ1v) is 5.00. The highest BCUT2D eigenvalue weighted by Gasteiger charge is 2.09. The molecule has 1 heterocycles. The van der Waals surface area contributed by atoms with E-state index in [1.807, 2.05) is 6.07 Å². The van der Waals surface area contributed by atoms with E-state index in [4.69, 9.17) is 11.0 Å². The number of carbonyl (C=O) groups is 2. The van der Waals surface area contributed by atoms with Crippen LogP contribution in [0.2, 0.25) is 0 Å². The van der Waals surface area contributed by atoms with Gasteiger partial charge in [0.15, 0.2) is 0 Å². The first-order chi connectivity index (χ1) is 8.65. The van der Waals surface area contributed by atoms with Crippen molar-refractivity contribution in [2.24, 2.45) is 5.73 Å². The first kappa shape index (κ1) is 11.5. The standard InChI is InChI=1S/C12H8N4O2/c13-4-9-3-8(7-17)1-2-11(9)16-6-10(5-15-16)12(14)18/h1-3,5-7H,(H2,14,18). The fourth-order valence-electron chi connectivity index (χ4n) is 1.50. The van der Waals surface area contributed by atoms with Crippen molar-refractivity contribution in [2.45, 2.75) is 0 Å². The Morgan fingerprint density at radius 1 is 1.50 bits per heavy atom. The lowest BCUT2D eigenvalue weighted by Gasteiger charge is -2.03. The Kier molecular flexibility index (Phi) is 2.89. The zero-order valence-electron chi connectivity index (χ0n) is 9.20. The summed E-state index contributed by atoms with van der Waals surface area (Å²) in [6, 6.07) is 6.57. The molecule has 18 heavy (non-hydrogen) atoms. The maximum absolute atomic E-state index is 11.0. The van der Waals surface area contributed by atoms with E-state index >= 15 is 0 Å². The van der Waals surface area contributed by atoms with Crippen LogP contribution in [0.15, 0.2) is 30.6 Å². The molecule has 1 aromatic carbocycles. The first-order valence-electron chi connectivity index (χ1n) is 5.00. The predicted molar refractivity (Wildman–Crippen MR) is 62.2 cm³/mol. The second-order valence-corrected chi connectivity index (χ2v) is 3.54. The summed E-state index contributed by atoms with van der Waals surface area (Å²) in [5.74, 6) is -0.593. The third-order valence-corrected chi connectivity index (χ3v) is 2.39. The molecule has 0 aliphatic rings. The number of primary amides is 1. The molecule has 6 nitrogen and oxygen atoms in total. The van der Waals surface area contributed by atoms with Crippen LogP contribution < -0.4 is 5.73 Å². The van der Waals surface area contributed by atoms with Gasteiger partial charge in [0.05, 0.1) is 23.0 Å². The van der Waals surface area contributed by atoms with E-state index in [1.165, 1.54) is 23.1 Å². The van der Waals surface area contributed by atoms with Gasteiger partial charge in [-0.25, -0.2) is 4.68 Å². The fraction of sp³-hybridized carbons (Fsp3) is 0. The number of nitriles is 1. The minimum atomic E-state index is -0.593. The number of hydrogen-bond donors (Lipinski definition) is 1. The number of hydrogen-bond acceptors (Lipinski definition) is 4. The highest BCUT2D eigenvalue weighted by Crippen LogP contribution is 2.15. The molecule has 0 aliphatic carbocycles. The van der Waals surface area contributed by atoms with Crippen LogP contribution >= 0.6 is 0 Å². The maximum Gasteiger partial charge on any atom is 0.251 e. The van der Waals surface area contributed by atoms with Crippen LogP contribution in [0.1, 0.15) is 26.3 Å². The molecule has 88 valence electrons. The molecule has 2 N–H and O–H groups in total. The molecule has 0 unspecified atom stereocenters. The van der Waals surface area contributed by atoms with Crippen molar-refractivity contribution in [3.63, 3.8) is 0 Å². The lowest BCUT2D eigenvalue weighted by Crippen LogP contribution is -2.09. The molecular weight excluding hydrogens is 232 g/mol. The van der Waals surface area contributed by atoms with E-state index in [-0.39, 0.29) is 5.56 Å². The summed E-state index contributed by atoms with van der Waals surface area (Å²) in [5.41, 5.74) is 6.54. The van der Waals surface area contributed by atoms with Crippen LogP contribution in [-0.2, 0) is 0 Å². The van der Waals surface area contributed by atoms with Crippen molar-refractivity contribution in [1.29, 1.82) is 5.26 Å². The molecule has 0 bridgehead atoms. The lowest BCUT2D eigenvalue weighted by atomic mass is 10.1. The molecule has 0 saturated heterocycles. The molecule has 2 rings (SSSR count). The Bertz CT molecular complexity index is 667. The van der Waals surface area contributed by atoms with Gasteiger partial charge in [-0.1, -0.05) is 0 Å². The second-order valence-electron chi connectivity index (χ2n) is 3.54. The zero-order valence-corrected chi connectivity index (χ0v) is 9.20. The number of aldehydes is 1. The van der Waals surface area contributed by atoms with E-state index < -0.39 is 5.91 Å². The van der Waals surface area contributed by atoms with E-state index in [2.05, 4.69) is 5.10 Å². The summed E-state index contributed by atoms with van der Waals surface area (Å²) >= 11 is 0. The second kappa shape index (κ2) is 4.51. The summed E-state index contributed by atoms with van der Waals surface area (Å²) in [5, 5.41) is 13.0. The van der Waals surface area contributed by atoms with Gasteiger partial charge in [0.1, 0.15) is 12.4 Å². The van der Waals surface area contributed by atoms with E-state index in [0.717, 1.165) is 0 Å². The minimum absolute atomic E-state index is 0.248. The van der Waals surface area contributed by atoms with Crippen LogP contribution in [-0.4, -0.2) is 22.0 Å². The highest BCUT2D eigenvalue weighted by molar-refractivity contribution is 5.92. The van der Waals surface area contributed by atoms with Gasteiger partial charge in [-0.3, -0.25) is 9.59 Å². The number of carbonyl (C=O) groups excluding carboxylic acids is 2. The number of aromatic nitrogens is 2. The molecule has 0 radical (unpaired) electrons. The fourth-order valence-corrected chi connectivity index (χ4v) is 1.50. The van der Waals surface area contributed by atoms with E-state index in [9.17, 15) is 9.59 Å². The smallest absolute Gasteiger partial charge is 0.251 e. The Morgan fingerprint density at radius 2 is 2.28 bits per heavy atom. The third-order valence-electron chi connectivity index (χ3n) is 2.39. The Labute approximate surface area is 102 Å². The van der Waals surface area contributed by atoms with Crippen LogP contribution in [0, 0.1) is 11.3 Å². The monoisotopic (exact) mass is 240 g/mol. The lowest BCUT2D eigenvalue weighted by molar-refractivity contribution is 0.1000. The third kappa shape index (κ3) is 1.97. The summed E-state index contributed by atoms with van der Waals surface area (Å²) in [4.78, 5) is 21.6. The Hall–Kier alpha value is -2.94. The average molecular weight is 240 g/mol.